The van der Waals surface area contributed by atoms with Crippen LogP contribution in [0, 0.1) is 6.92 Å². The van der Waals surface area contributed by atoms with Gasteiger partial charge >= 0.3 is 0 Å². The Morgan fingerprint density at radius 3 is 2.67 bits per heavy atom. The summed E-state index contributed by atoms with van der Waals surface area (Å²) < 4.78 is 10.4. The van der Waals surface area contributed by atoms with Crippen LogP contribution in [0.3, 0.4) is 0 Å². The number of methoxy groups -OCH3 is 1. The number of ether oxygens (including phenoxy) is 2. The number of benzene rings is 1. The Morgan fingerprint density at radius 2 is 2.07 bits per heavy atom. The van der Waals surface area contributed by atoms with Crippen molar-refractivity contribution in [2.45, 2.75) is 20.0 Å². The van der Waals surface area contributed by atoms with Crippen molar-refractivity contribution >= 4 is 0 Å². The van der Waals surface area contributed by atoms with Crippen LogP contribution in [0.25, 0.3) is 0 Å². The molecule has 0 heterocycles. The van der Waals surface area contributed by atoms with Gasteiger partial charge in [0.1, 0.15) is 12.4 Å². The first-order valence-corrected chi connectivity index (χ1v) is 5.05. The number of hydrogen-bond donors (Lipinski definition) is 1. The average Bonchev–Trinajstić information content (AvgIpc) is 2.20. The van der Waals surface area contributed by atoms with Crippen molar-refractivity contribution in [1.29, 1.82) is 0 Å². The van der Waals surface area contributed by atoms with Crippen LogP contribution in [0.5, 0.6) is 5.75 Å². The average molecular weight is 210 g/mol. The second-order valence-electron chi connectivity index (χ2n) is 3.56. The van der Waals surface area contributed by atoms with Gasteiger partial charge in [-0.1, -0.05) is 11.6 Å². The van der Waals surface area contributed by atoms with Crippen molar-refractivity contribution in [2.24, 2.45) is 0 Å². The van der Waals surface area contributed by atoms with E-state index in [2.05, 4.69) is 0 Å². The molecule has 0 amide bonds. The predicted molar refractivity (Wildman–Crippen MR) is 59.2 cm³/mol. The normalized spacial score (nSPS) is 12.5. The highest BCUT2D eigenvalue weighted by Crippen LogP contribution is 2.26. The summed E-state index contributed by atoms with van der Waals surface area (Å²) in [5, 5.41) is 9.57. The van der Waals surface area contributed by atoms with Crippen LogP contribution in [0.15, 0.2) is 18.2 Å². The molecule has 0 spiro atoms. The zero-order chi connectivity index (χ0) is 11.3. The summed E-state index contributed by atoms with van der Waals surface area (Å²) in [6.45, 7) is 4.77. The van der Waals surface area contributed by atoms with Gasteiger partial charge in [-0.2, -0.15) is 0 Å². The summed E-state index contributed by atoms with van der Waals surface area (Å²) in [5.74, 6) is 0.729. The molecule has 1 rings (SSSR count). The summed E-state index contributed by atoms with van der Waals surface area (Å²) in [5.41, 5.74) is 1.94. The minimum atomic E-state index is -0.512. The molecule has 0 saturated heterocycles. The number of aliphatic hydroxyl groups excluding tert-OH is 1. The highest BCUT2D eigenvalue weighted by atomic mass is 16.5. The smallest absolute Gasteiger partial charge is 0.125 e. The van der Waals surface area contributed by atoms with Gasteiger partial charge in [-0.15, -0.1) is 0 Å². The van der Waals surface area contributed by atoms with Gasteiger partial charge in [0.05, 0.1) is 12.7 Å². The summed E-state index contributed by atoms with van der Waals surface area (Å²) in [6.07, 6.45) is -0.512. The summed E-state index contributed by atoms with van der Waals surface area (Å²) in [6, 6.07) is 5.79. The lowest BCUT2D eigenvalue weighted by Crippen LogP contribution is -2.07. The fourth-order valence-corrected chi connectivity index (χ4v) is 1.36. The Morgan fingerprint density at radius 1 is 1.33 bits per heavy atom. The summed E-state index contributed by atoms with van der Waals surface area (Å²) in [7, 11) is 1.63. The Balaban J connectivity index is 2.77. The minimum Gasteiger partial charge on any atom is -0.491 e. The first kappa shape index (κ1) is 12.0. The van der Waals surface area contributed by atoms with Gasteiger partial charge in [0.15, 0.2) is 0 Å². The second kappa shape index (κ2) is 5.73. The van der Waals surface area contributed by atoms with Crippen molar-refractivity contribution in [2.75, 3.05) is 20.3 Å². The van der Waals surface area contributed by atoms with E-state index in [1.54, 1.807) is 14.0 Å². The minimum absolute atomic E-state index is 0.499. The standard InChI is InChI=1S/C12H18O3/c1-9-4-5-12(15-7-6-14-3)11(8-9)10(2)13/h4-5,8,10,13H,6-7H2,1-3H3/t10-/m1/s1. The first-order valence-electron chi connectivity index (χ1n) is 5.05. The summed E-state index contributed by atoms with van der Waals surface area (Å²) in [4.78, 5) is 0. The second-order valence-corrected chi connectivity index (χ2v) is 3.56. The van der Waals surface area contributed by atoms with E-state index in [-0.39, 0.29) is 0 Å². The van der Waals surface area contributed by atoms with Crippen LogP contribution in [-0.2, 0) is 4.74 Å². The number of aliphatic hydroxyl groups is 1. The van der Waals surface area contributed by atoms with E-state index in [4.69, 9.17) is 9.47 Å². The maximum absolute atomic E-state index is 9.57. The van der Waals surface area contributed by atoms with Crippen LogP contribution in [0.1, 0.15) is 24.2 Å². The van der Waals surface area contributed by atoms with Crippen LogP contribution in [-0.4, -0.2) is 25.4 Å². The third-order valence-corrected chi connectivity index (χ3v) is 2.16. The maximum Gasteiger partial charge on any atom is 0.125 e. The van der Waals surface area contributed by atoms with E-state index in [1.165, 1.54) is 0 Å². The van der Waals surface area contributed by atoms with Crippen LogP contribution in [0.2, 0.25) is 0 Å². The SMILES string of the molecule is COCCOc1ccc(C)cc1[C@@H](C)O. The molecule has 3 heteroatoms. The monoisotopic (exact) mass is 210 g/mol. The van der Waals surface area contributed by atoms with Crippen molar-refractivity contribution in [3.8, 4) is 5.75 Å². The molecular formula is C12H18O3. The molecule has 1 aromatic carbocycles. The molecule has 1 aromatic rings. The zero-order valence-corrected chi connectivity index (χ0v) is 9.49. The lowest BCUT2D eigenvalue weighted by molar-refractivity contribution is 0.141. The van der Waals surface area contributed by atoms with Crippen LogP contribution < -0.4 is 4.74 Å². The highest BCUT2D eigenvalue weighted by molar-refractivity contribution is 5.38. The quantitative estimate of drug-likeness (QED) is 0.756. The van der Waals surface area contributed by atoms with Crippen LogP contribution >= 0.6 is 0 Å². The van der Waals surface area contributed by atoms with Crippen molar-refractivity contribution in [3.05, 3.63) is 29.3 Å². The molecule has 0 aliphatic carbocycles. The molecule has 0 unspecified atom stereocenters. The molecule has 0 aliphatic heterocycles. The molecule has 1 atom stereocenters. The fraction of sp³-hybridized carbons (Fsp3) is 0.500. The van der Waals surface area contributed by atoms with Gasteiger partial charge in [-0.25, -0.2) is 0 Å². The third-order valence-electron chi connectivity index (χ3n) is 2.16. The van der Waals surface area contributed by atoms with Gasteiger partial charge in [-0.3, -0.25) is 0 Å². The Kier molecular flexibility index (Phi) is 4.59. The molecule has 3 nitrogen and oxygen atoms in total. The van der Waals surface area contributed by atoms with Gasteiger partial charge in [-0.05, 0) is 26.0 Å². The van der Waals surface area contributed by atoms with Gasteiger partial charge in [0.25, 0.3) is 0 Å². The predicted octanol–water partition coefficient (Wildman–Crippen LogP) is 2.07. The van der Waals surface area contributed by atoms with Crippen LogP contribution in [0.4, 0.5) is 0 Å². The molecule has 0 radical (unpaired) electrons. The molecular weight excluding hydrogens is 192 g/mol. The molecule has 84 valence electrons. The van der Waals surface area contributed by atoms with Crippen molar-refractivity contribution in [1.82, 2.24) is 0 Å². The summed E-state index contributed by atoms with van der Waals surface area (Å²) >= 11 is 0. The largest absolute Gasteiger partial charge is 0.491 e. The molecule has 0 bridgehead atoms. The number of aryl methyl sites for hydroxylation is 1. The molecule has 0 fully saturated rings. The molecule has 0 saturated carbocycles. The fourth-order valence-electron chi connectivity index (χ4n) is 1.36. The molecule has 0 aromatic heterocycles. The van der Waals surface area contributed by atoms with E-state index in [0.29, 0.717) is 13.2 Å². The molecule has 15 heavy (non-hydrogen) atoms. The van der Waals surface area contributed by atoms with E-state index in [0.717, 1.165) is 16.9 Å². The molecule has 1 N–H and O–H groups in total. The van der Waals surface area contributed by atoms with E-state index in [9.17, 15) is 5.11 Å². The van der Waals surface area contributed by atoms with Gasteiger partial charge < -0.3 is 14.6 Å². The Bertz CT molecular complexity index is 308. The first-order chi connectivity index (χ1) is 7.15. The van der Waals surface area contributed by atoms with Gasteiger partial charge in [0, 0.05) is 12.7 Å². The third kappa shape index (κ3) is 3.53. The maximum atomic E-state index is 9.57. The van der Waals surface area contributed by atoms with Gasteiger partial charge in [0.2, 0.25) is 0 Å². The Hall–Kier alpha value is -1.06. The number of rotatable bonds is 5. The molecule has 0 aliphatic rings. The van der Waals surface area contributed by atoms with Crippen molar-refractivity contribution in [3.63, 3.8) is 0 Å². The topological polar surface area (TPSA) is 38.7 Å². The van der Waals surface area contributed by atoms with E-state index >= 15 is 0 Å². The highest BCUT2D eigenvalue weighted by Gasteiger charge is 2.08. The van der Waals surface area contributed by atoms with E-state index < -0.39 is 6.10 Å². The van der Waals surface area contributed by atoms with E-state index in [1.807, 2.05) is 25.1 Å². The zero-order valence-electron chi connectivity index (χ0n) is 9.49. The number of hydrogen-bond acceptors (Lipinski definition) is 3. The lowest BCUT2D eigenvalue weighted by atomic mass is 10.1. The lowest BCUT2D eigenvalue weighted by Gasteiger charge is -2.13. The Labute approximate surface area is 90.6 Å². The van der Waals surface area contributed by atoms with Crippen molar-refractivity contribution < 1.29 is 14.6 Å².